The van der Waals surface area contributed by atoms with Gasteiger partial charge in [-0.1, -0.05) is 28.1 Å². The minimum Gasteiger partial charge on any atom is -0.293 e. The van der Waals surface area contributed by atoms with Crippen LogP contribution in [-0.4, -0.2) is 32.7 Å². The lowest BCUT2D eigenvalue weighted by atomic mass is 10.2. The van der Waals surface area contributed by atoms with E-state index in [-0.39, 0.29) is 10.2 Å². The summed E-state index contributed by atoms with van der Waals surface area (Å²) in [7, 11) is 0.745. The van der Waals surface area contributed by atoms with Crippen molar-refractivity contribution in [2.75, 3.05) is 14.1 Å². The fourth-order valence-electron chi connectivity index (χ4n) is 1.39. The van der Waals surface area contributed by atoms with Gasteiger partial charge in [0.05, 0.1) is 15.1 Å². The predicted molar refractivity (Wildman–Crippen MR) is 74.1 cm³/mol. The van der Waals surface area contributed by atoms with Gasteiger partial charge < -0.3 is 0 Å². The molecule has 0 aliphatic rings. The Balaban J connectivity index is 3.05. The summed E-state index contributed by atoms with van der Waals surface area (Å²) in [5, 5.41) is -0.387. The van der Waals surface area contributed by atoms with E-state index < -0.39 is 9.84 Å². The summed E-state index contributed by atoms with van der Waals surface area (Å²) in [4.78, 5) is 2.49. The monoisotopic (exact) mass is 319 g/mol. The Morgan fingerprint density at radius 1 is 1.12 bits per heavy atom. The van der Waals surface area contributed by atoms with E-state index in [4.69, 9.17) is 0 Å². The normalized spacial score (nSPS) is 14.3. The second-order valence-electron chi connectivity index (χ2n) is 4.46. The first-order chi connectivity index (χ1) is 7.76. The van der Waals surface area contributed by atoms with Crippen molar-refractivity contribution in [3.8, 4) is 0 Å². The summed E-state index contributed by atoms with van der Waals surface area (Å²) in [6.45, 7) is 3.38. The first kappa shape index (κ1) is 14.7. The van der Waals surface area contributed by atoms with E-state index in [2.05, 4.69) is 15.9 Å². The minimum absolute atomic E-state index is 0.0957. The molecule has 1 unspecified atom stereocenters. The molecule has 0 aliphatic carbocycles. The van der Waals surface area contributed by atoms with Crippen molar-refractivity contribution >= 4 is 25.8 Å². The number of nitrogens with zero attached hydrogens (tertiary/aromatic N) is 1. The van der Waals surface area contributed by atoms with Crippen LogP contribution in [0.3, 0.4) is 0 Å². The Kier molecular flexibility index (Phi) is 4.75. The van der Waals surface area contributed by atoms with E-state index in [0.717, 1.165) is 5.56 Å². The van der Waals surface area contributed by atoms with Gasteiger partial charge in [0.15, 0.2) is 9.84 Å². The highest BCUT2D eigenvalue weighted by atomic mass is 79.9. The molecule has 1 rings (SSSR count). The zero-order valence-corrected chi connectivity index (χ0v) is 12.9. The van der Waals surface area contributed by atoms with E-state index in [1.807, 2.05) is 31.1 Å². The first-order valence-corrected chi connectivity index (χ1v) is 7.87. The number of alkyl halides is 1. The summed E-state index contributed by atoms with van der Waals surface area (Å²) in [6.07, 6.45) is 0. The van der Waals surface area contributed by atoms with Crippen LogP contribution >= 0.6 is 15.9 Å². The molecule has 0 fully saturated rings. The van der Waals surface area contributed by atoms with Gasteiger partial charge >= 0.3 is 0 Å². The van der Waals surface area contributed by atoms with Gasteiger partial charge in [0.1, 0.15) is 0 Å². The number of hydrogen-bond donors (Lipinski definition) is 0. The molecular weight excluding hydrogens is 302 g/mol. The van der Waals surface area contributed by atoms with Gasteiger partial charge in [-0.25, -0.2) is 8.42 Å². The van der Waals surface area contributed by atoms with Crippen molar-refractivity contribution in [3.05, 3.63) is 29.8 Å². The van der Waals surface area contributed by atoms with E-state index in [0.29, 0.717) is 4.90 Å². The molecule has 0 saturated heterocycles. The molecule has 0 N–H and O–H groups in total. The summed E-state index contributed by atoms with van der Waals surface area (Å²) in [5.41, 5.74) is 1.04. The standard InChI is InChI=1S/C12H18BrNO2S/c1-9(2)17(15,16)11-7-5-10(6-8-11)12(13)14(3)4/h5-9,12H,1-4H3. The summed E-state index contributed by atoms with van der Waals surface area (Å²) in [5.74, 6) is 0. The number of halogens is 1. The molecule has 0 saturated carbocycles. The van der Waals surface area contributed by atoms with Crippen molar-refractivity contribution < 1.29 is 8.42 Å². The maximum atomic E-state index is 11.9. The van der Waals surface area contributed by atoms with Crippen molar-refractivity contribution in [1.29, 1.82) is 0 Å². The molecular formula is C12H18BrNO2S. The fourth-order valence-corrected chi connectivity index (χ4v) is 2.75. The van der Waals surface area contributed by atoms with Crippen LogP contribution in [0.2, 0.25) is 0 Å². The van der Waals surface area contributed by atoms with Crippen LogP contribution in [0.15, 0.2) is 29.2 Å². The lowest BCUT2D eigenvalue weighted by molar-refractivity contribution is 0.398. The third-order valence-electron chi connectivity index (χ3n) is 2.56. The van der Waals surface area contributed by atoms with Crippen molar-refractivity contribution in [2.45, 2.75) is 28.9 Å². The zero-order chi connectivity index (χ0) is 13.2. The molecule has 1 atom stereocenters. The Bertz CT molecular complexity index is 466. The topological polar surface area (TPSA) is 37.4 Å². The first-order valence-electron chi connectivity index (χ1n) is 5.41. The maximum Gasteiger partial charge on any atom is 0.180 e. The van der Waals surface area contributed by atoms with E-state index in [9.17, 15) is 8.42 Å². The van der Waals surface area contributed by atoms with Crippen LogP contribution in [0.25, 0.3) is 0 Å². The molecule has 1 aromatic carbocycles. The van der Waals surface area contributed by atoms with Gasteiger partial charge in [-0.15, -0.1) is 0 Å². The van der Waals surface area contributed by atoms with Gasteiger partial charge in [0.25, 0.3) is 0 Å². The van der Waals surface area contributed by atoms with Crippen molar-refractivity contribution in [2.24, 2.45) is 0 Å². The summed E-state index contributed by atoms with van der Waals surface area (Å²) in [6, 6.07) is 7.02. The molecule has 1 aromatic rings. The van der Waals surface area contributed by atoms with Crippen molar-refractivity contribution in [1.82, 2.24) is 4.90 Å². The molecule has 0 aromatic heterocycles. The molecule has 3 nitrogen and oxygen atoms in total. The Hall–Kier alpha value is -0.390. The SMILES string of the molecule is CC(C)S(=O)(=O)c1ccc(C(Br)N(C)C)cc1. The highest BCUT2D eigenvalue weighted by Crippen LogP contribution is 2.26. The van der Waals surface area contributed by atoms with Crippen molar-refractivity contribution in [3.63, 3.8) is 0 Å². The maximum absolute atomic E-state index is 11.9. The van der Waals surface area contributed by atoms with Gasteiger partial charge in [-0.05, 0) is 45.6 Å². The van der Waals surface area contributed by atoms with E-state index in [1.54, 1.807) is 26.0 Å². The molecule has 5 heteroatoms. The quantitative estimate of drug-likeness (QED) is 0.632. The highest BCUT2D eigenvalue weighted by molar-refractivity contribution is 9.09. The number of rotatable bonds is 4. The lowest BCUT2D eigenvalue weighted by Crippen LogP contribution is -2.16. The molecule has 0 bridgehead atoms. The summed E-state index contributed by atoms with van der Waals surface area (Å²) < 4.78 is 23.8. The Morgan fingerprint density at radius 3 is 1.94 bits per heavy atom. The molecule has 17 heavy (non-hydrogen) atoms. The van der Waals surface area contributed by atoms with E-state index in [1.165, 1.54) is 0 Å². The lowest BCUT2D eigenvalue weighted by Gasteiger charge is -2.18. The number of sulfone groups is 1. The van der Waals surface area contributed by atoms with Crippen LogP contribution in [0, 0.1) is 0 Å². The molecule has 96 valence electrons. The summed E-state index contributed by atoms with van der Waals surface area (Å²) >= 11 is 3.53. The molecule has 0 aliphatic heterocycles. The van der Waals surface area contributed by atoms with Gasteiger partial charge in [0, 0.05) is 0 Å². The third kappa shape index (κ3) is 3.30. The van der Waals surface area contributed by atoms with Gasteiger partial charge in [0.2, 0.25) is 0 Å². The molecule has 0 amide bonds. The third-order valence-corrected chi connectivity index (χ3v) is 6.08. The Labute approximate surface area is 112 Å². The van der Waals surface area contributed by atoms with Crippen LogP contribution < -0.4 is 0 Å². The average Bonchev–Trinajstić information content (AvgIpc) is 2.27. The Morgan fingerprint density at radius 2 is 1.59 bits per heavy atom. The van der Waals surface area contributed by atoms with Crippen LogP contribution in [0.5, 0.6) is 0 Å². The van der Waals surface area contributed by atoms with Gasteiger partial charge in [-0.3, -0.25) is 4.90 Å². The largest absolute Gasteiger partial charge is 0.293 e. The molecule has 0 radical (unpaired) electrons. The average molecular weight is 320 g/mol. The van der Waals surface area contributed by atoms with Gasteiger partial charge in [-0.2, -0.15) is 0 Å². The number of hydrogen-bond acceptors (Lipinski definition) is 3. The smallest absolute Gasteiger partial charge is 0.180 e. The second kappa shape index (κ2) is 5.50. The molecule has 0 heterocycles. The number of benzene rings is 1. The van der Waals surface area contributed by atoms with E-state index >= 15 is 0 Å². The van der Waals surface area contributed by atoms with Crippen LogP contribution in [0.1, 0.15) is 24.4 Å². The minimum atomic E-state index is -3.17. The second-order valence-corrected chi connectivity index (χ2v) is 7.83. The molecule has 0 spiro atoms. The highest BCUT2D eigenvalue weighted by Gasteiger charge is 2.19. The van der Waals surface area contributed by atoms with Crippen LogP contribution in [-0.2, 0) is 9.84 Å². The fraction of sp³-hybridized carbons (Fsp3) is 0.500. The zero-order valence-electron chi connectivity index (χ0n) is 10.5. The van der Waals surface area contributed by atoms with Crippen LogP contribution in [0.4, 0.5) is 0 Å². The predicted octanol–water partition coefficient (Wildman–Crippen LogP) is 2.82.